The van der Waals surface area contributed by atoms with Crippen molar-refractivity contribution in [2.45, 2.75) is 304 Å². The average molecular weight is 2310 g/mol. The number of nitrogens with zero attached hydrogens (tertiary/aromatic N) is 6. The number of ketones is 1. The number of nitrogens with two attached hydrogens (primary N) is 2. The largest absolute Gasteiger partial charge is 0.519 e. The number of likely N-dealkylation sites (tertiary alicyclic amines) is 3. The van der Waals surface area contributed by atoms with Gasteiger partial charge in [-0.3, -0.25) is 24.4 Å². The molecule has 5 saturated heterocycles. The molecule has 6 aliphatic heterocycles. The van der Waals surface area contributed by atoms with Crippen LogP contribution < -0.4 is 11.5 Å². The van der Waals surface area contributed by atoms with Gasteiger partial charge in [-0.2, -0.15) is 22.2 Å². The Hall–Kier alpha value is -6.49. The first-order chi connectivity index (χ1) is 67.0. The molecule has 0 spiro atoms. The van der Waals surface area contributed by atoms with Crippen molar-refractivity contribution < 1.29 is 60.8 Å². The molecular weight excluding hydrogens is 2140 g/mol. The molecule has 0 aromatic heterocycles. The maximum absolute atomic E-state index is 14.9. The Labute approximate surface area is 910 Å². The summed E-state index contributed by atoms with van der Waals surface area (Å²) in [7, 11) is -7.94. The lowest BCUT2D eigenvalue weighted by molar-refractivity contribution is -0.121. The molecule has 6 heterocycles. The predicted molar refractivity (Wildman–Crippen MR) is 623 cm³/mol. The summed E-state index contributed by atoms with van der Waals surface area (Å²) in [6, 6.07) is 75.4. The number of Topliss-reactive ketones (excluding diaryl/α,β-unsaturated/α-hetero) is 1. The third-order valence-corrected chi connectivity index (χ3v) is 53.3. The van der Waals surface area contributed by atoms with Gasteiger partial charge in [-0.25, -0.2) is 31.5 Å². The third-order valence-electron chi connectivity index (χ3n) is 26.9. The molecule has 0 amide bonds. The van der Waals surface area contributed by atoms with Gasteiger partial charge in [0.25, 0.3) is 0 Å². The Morgan fingerprint density at radius 3 is 1.03 bits per heavy atom. The van der Waals surface area contributed by atoms with E-state index in [0.29, 0.717) is 70.2 Å². The SMILES string of the molecule is C.C.CC(C)(C)OC(=O)OC(=O)OC(C)(C)C.CCc1ccc(F)c(C2(O)CCN(Cc3ccccc3)CC2)c1.C[Si](C)(Cl)CC[Si](C)(C)Cl.C[Si]1(C)CC[Si](C)(C)N1Cc1ccc(F)c(Br)c1.C[Si]1(C)CC[Si](C)(C)N1Cc1ccc(F)c(C2(O)CCN(Cc3ccccc3)CC2)c1.Cl.NCc1ccc(F)c(Br)c1.NCc1ccc(F)c(C2=CCN(Cc3ccccc3)CC2)c1.O=C1CCN(Cc2ccccc2)CC1. The number of ether oxygens (including phenoxy) is 3. The molecular formula is C114H168Br2Cl3F5N8O8Si6. The maximum atomic E-state index is 14.9. The fraction of sp³-hybridized carbons (Fsp3) is 0.482. The topological polar surface area (TPSA) is 191 Å². The number of piperidine rings is 3. The molecule has 16 nitrogen and oxygen atoms in total. The monoisotopic (exact) mass is 2300 g/mol. The van der Waals surface area contributed by atoms with Crippen LogP contribution in [0.2, 0.25) is 115 Å². The first-order valence-electron chi connectivity index (χ1n) is 50.4. The van der Waals surface area contributed by atoms with Crippen molar-refractivity contribution in [1.29, 1.82) is 0 Å². The zero-order valence-corrected chi connectivity index (χ0v) is 100.0. The fourth-order valence-corrected chi connectivity index (χ4v) is 53.5. The minimum absolute atomic E-state index is 0. The maximum Gasteiger partial charge on any atom is 0.519 e. The van der Waals surface area contributed by atoms with Gasteiger partial charge >= 0.3 is 12.3 Å². The highest BCUT2D eigenvalue weighted by Crippen LogP contribution is 2.43. The van der Waals surface area contributed by atoms with Crippen LogP contribution in [0.3, 0.4) is 0 Å². The number of aliphatic hydroxyl groups is 2. The molecule has 806 valence electrons. The highest BCUT2D eigenvalue weighted by atomic mass is 79.9. The van der Waals surface area contributed by atoms with E-state index in [1.807, 2.05) is 79.7 Å². The van der Waals surface area contributed by atoms with Crippen LogP contribution >= 0.6 is 66.4 Å². The average Bonchev–Trinajstić information content (AvgIpc) is 1.70. The normalized spacial score (nSPS) is 17.5. The van der Waals surface area contributed by atoms with E-state index in [2.05, 4.69) is 234 Å². The van der Waals surface area contributed by atoms with Gasteiger partial charge in [0.15, 0.2) is 0 Å². The molecule has 5 fully saturated rings. The third kappa shape index (κ3) is 44.7. The first kappa shape index (κ1) is 130. The Morgan fingerprint density at radius 1 is 0.411 bits per heavy atom. The van der Waals surface area contributed by atoms with Crippen LogP contribution in [0.4, 0.5) is 31.5 Å². The number of halogens is 10. The highest BCUT2D eigenvalue weighted by Gasteiger charge is 2.49. The summed E-state index contributed by atoms with van der Waals surface area (Å²) in [5, 5.41) is 22.4. The van der Waals surface area contributed by atoms with Crippen molar-refractivity contribution in [2.75, 3.05) is 52.4 Å². The molecule has 32 heteroatoms. The van der Waals surface area contributed by atoms with E-state index in [0.717, 1.165) is 157 Å². The van der Waals surface area contributed by atoms with Crippen molar-refractivity contribution >= 4 is 138 Å². The lowest BCUT2D eigenvalue weighted by Gasteiger charge is -2.40. The fourth-order valence-electron chi connectivity index (χ4n) is 18.4. The lowest BCUT2D eigenvalue weighted by atomic mass is 9.83. The van der Waals surface area contributed by atoms with Gasteiger partial charge < -0.3 is 44.4 Å². The number of rotatable bonds is 21. The molecule has 0 atom stereocenters. The number of benzene rings is 9. The van der Waals surface area contributed by atoms with Crippen LogP contribution in [0, 0.1) is 29.1 Å². The van der Waals surface area contributed by atoms with Gasteiger partial charge in [0, 0.05) is 134 Å². The smallest absolute Gasteiger partial charge is 0.428 e. The van der Waals surface area contributed by atoms with Crippen molar-refractivity contribution in [3.8, 4) is 0 Å². The highest BCUT2D eigenvalue weighted by molar-refractivity contribution is 9.10. The van der Waals surface area contributed by atoms with Crippen molar-refractivity contribution in [3.05, 3.63) is 323 Å². The molecule has 9 aromatic rings. The summed E-state index contributed by atoms with van der Waals surface area (Å²) in [5.74, 6) is -0.724. The van der Waals surface area contributed by atoms with Crippen LogP contribution in [0.25, 0.3) is 5.57 Å². The van der Waals surface area contributed by atoms with Crippen LogP contribution in [-0.4, -0.2) is 168 Å². The summed E-state index contributed by atoms with van der Waals surface area (Å²) in [4.78, 5) is 42.5. The summed E-state index contributed by atoms with van der Waals surface area (Å²) in [6.07, 6.45) is 5.50. The van der Waals surface area contributed by atoms with E-state index in [4.69, 9.17) is 43.1 Å². The zero-order valence-electron chi connectivity index (χ0n) is 88.5. The Morgan fingerprint density at radius 2 is 0.705 bits per heavy atom. The van der Waals surface area contributed by atoms with Gasteiger partial charge in [0.2, 0.25) is 0 Å². The van der Waals surface area contributed by atoms with Gasteiger partial charge in [-0.1, -0.05) is 258 Å². The predicted octanol–water partition coefficient (Wildman–Crippen LogP) is 30.1. The minimum Gasteiger partial charge on any atom is -0.428 e. The zero-order chi connectivity index (χ0) is 106. The molecule has 9 aromatic carbocycles. The molecule has 0 aliphatic carbocycles. The van der Waals surface area contributed by atoms with Crippen molar-refractivity contribution in [1.82, 2.24) is 28.1 Å². The molecule has 6 N–H and O–H groups in total. The Balaban J connectivity index is 0.000000300. The van der Waals surface area contributed by atoms with E-state index >= 15 is 0 Å². The summed E-state index contributed by atoms with van der Waals surface area (Å²) in [6.45, 7) is 53.7. The van der Waals surface area contributed by atoms with Crippen molar-refractivity contribution in [2.24, 2.45) is 11.5 Å². The van der Waals surface area contributed by atoms with E-state index < -0.39 is 82.4 Å². The standard InChI is InChI=1S/C25H37FN2OSi2.C20H24FNO.C19H21FN2.C13H21BrFNSi2.C12H15NO.C10H18O5.C7H7BrFN.C6H16Cl2Si2.2CH4.ClH/c1-30(2)16-17-31(3,4)28(30)20-22-10-11-24(26)23(18-22)25(29)12-14-27(15-13-25)19-21-8-6-5-7-9-21;1-2-16-8-9-19(21)18(14-16)20(23)10-12-22(13-11-20)15-17-6-4-3-5-7-17;20-19-7-6-16(13-21)12-18(19)17-8-10-22(11-9-17)14-15-4-2-1-3-5-15;1-17(2)7-8-18(3,4)16(17)10-11-5-6-13(15)12(14)9-11;14-12-6-8-13(9-7-12)10-11-4-2-1-3-5-11;1-9(2,3)14-7(11)13-8(12)15-10(4,5)6;8-6-3-5(4-10)1-2-7(6)9;1-9(2,7)5-6-10(3,4)8;;;/h5-11,18,29H,12-17,19-20H2,1-4H3;3-9,14,23H,2,10-13,15H2,1H3;1-8,12H,9-11,13-14,21H2;5-6,9H,7-8,10H2,1-4H3;1-5H,6-10H2;1-6H3;1-3H,4,10H2;5-6H2,1-4H3;2*1H4;1H. The van der Waals surface area contributed by atoms with E-state index in [-0.39, 0.29) is 56.3 Å². The molecule has 146 heavy (non-hydrogen) atoms. The minimum atomic E-state index is -1.39. The molecule has 6 aliphatic rings. The summed E-state index contributed by atoms with van der Waals surface area (Å²) in [5.41, 5.74) is 20.8. The van der Waals surface area contributed by atoms with Gasteiger partial charge in [-0.05, 0) is 264 Å². The first-order valence-corrected chi connectivity index (χ1v) is 73.0. The molecule has 0 bridgehead atoms. The number of carbonyl (C=O) groups excluding carboxylic acids is 3. The molecule has 0 radical (unpaired) electrons. The van der Waals surface area contributed by atoms with Crippen LogP contribution in [0.15, 0.2) is 227 Å². The van der Waals surface area contributed by atoms with Gasteiger partial charge in [-0.15, -0.1) is 12.4 Å². The lowest BCUT2D eigenvalue weighted by Crippen LogP contribution is -2.54. The number of hydrogen-bond acceptors (Lipinski definition) is 16. The van der Waals surface area contributed by atoms with E-state index in [1.165, 1.54) is 70.2 Å². The summed E-state index contributed by atoms with van der Waals surface area (Å²) >= 11 is 18.6. The van der Waals surface area contributed by atoms with Crippen LogP contribution in [0.1, 0.15) is 175 Å². The number of aryl methyl sites for hydroxylation is 1. The van der Waals surface area contributed by atoms with Crippen LogP contribution in [-0.2, 0) is 89.0 Å². The quantitative estimate of drug-likeness (QED) is 0.0174. The van der Waals surface area contributed by atoms with Gasteiger partial charge in [0.1, 0.15) is 93.8 Å². The number of carbonyl (C=O) groups is 3. The van der Waals surface area contributed by atoms with Crippen LogP contribution in [0.5, 0.6) is 0 Å². The van der Waals surface area contributed by atoms with E-state index in [9.17, 15) is 46.5 Å². The molecule has 15 rings (SSSR count). The second-order valence-corrected chi connectivity index (χ2v) is 79.5. The van der Waals surface area contributed by atoms with E-state index in [1.54, 1.807) is 77.9 Å². The number of hydrogen-bond donors (Lipinski definition) is 4. The molecule has 0 saturated carbocycles. The summed E-state index contributed by atoms with van der Waals surface area (Å²) < 4.78 is 89.4. The molecule has 0 unspecified atom stereocenters. The second kappa shape index (κ2) is 59.7. The van der Waals surface area contributed by atoms with Gasteiger partial charge in [0.05, 0.1) is 20.1 Å². The van der Waals surface area contributed by atoms with Crippen molar-refractivity contribution in [3.63, 3.8) is 0 Å². The Bertz CT molecular complexity index is 5450. The Kier molecular flexibility index (Phi) is 53.1. The second-order valence-electron chi connectivity index (χ2n) is 44.2.